The van der Waals surface area contributed by atoms with Crippen LogP contribution < -0.4 is 11.6 Å². The molecule has 0 radical (unpaired) electrons. The molecule has 9 heteroatoms. The maximum Gasteiger partial charge on any atom is 0.275 e. The predicted molar refractivity (Wildman–Crippen MR) is 72.1 cm³/mol. The molecule has 0 fully saturated rings. The van der Waals surface area contributed by atoms with Crippen LogP contribution in [0, 0.1) is 0 Å². The maximum absolute atomic E-state index is 11.9. The van der Waals surface area contributed by atoms with Crippen LogP contribution in [0.3, 0.4) is 0 Å². The second-order valence-electron chi connectivity index (χ2n) is 4.26. The average Bonchev–Trinajstić information content (AvgIpc) is 2.39. The van der Waals surface area contributed by atoms with E-state index in [4.69, 9.17) is 21.8 Å². The summed E-state index contributed by atoms with van der Waals surface area (Å²) in [5.74, 6) is 2.50. The smallest absolute Gasteiger partial charge is 0.275 e. The largest absolute Gasteiger partial charge is 0.504 e. The summed E-state index contributed by atoms with van der Waals surface area (Å²) in [5.41, 5.74) is 3.67. The van der Waals surface area contributed by atoms with Gasteiger partial charge in [-0.3, -0.25) is 9.59 Å². The number of carbonyl (C=O) groups is 2. The van der Waals surface area contributed by atoms with Crippen molar-refractivity contribution in [3.8, 4) is 11.5 Å². The Morgan fingerprint density at radius 3 is 2.30 bits per heavy atom. The van der Waals surface area contributed by atoms with Gasteiger partial charge < -0.3 is 21.1 Å². The zero-order valence-corrected chi connectivity index (χ0v) is 11.4. The second kappa shape index (κ2) is 6.53. The maximum atomic E-state index is 11.9. The van der Waals surface area contributed by atoms with E-state index in [0.29, 0.717) is 0 Å². The van der Waals surface area contributed by atoms with Crippen LogP contribution in [0.2, 0.25) is 0 Å². The lowest BCUT2D eigenvalue weighted by Crippen LogP contribution is -2.59. The number of benzene rings is 1. The molecule has 0 saturated carbocycles. The number of hydrogen-bond donors (Lipinski definition) is 5. The van der Waals surface area contributed by atoms with E-state index in [2.05, 4.69) is 0 Å². The van der Waals surface area contributed by atoms with Gasteiger partial charge in [-0.2, -0.15) is 0 Å². The average molecular weight is 306 g/mol. The van der Waals surface area contributed by atoms with E-state index in [1.807, 2.05) is 0 Å². The molecule has 112 valence electrons. The Bertz CT molecular complexity index is 521. The van der Waals surface area contributed by atoms with Gasteiger partial charge in [0.05, 0.1) is 6.61 Å². The van der Waals surface area contributed by atoms with E-state index >= 15 is 0 Å². The molecule has 0 bridgehead atoms. The summed E-state index contributed by atoms with van der Waals surface area (Å²) in [7, 11) is 0. The molecule has 7 N–H and O–H groups in total. The number of nitrogens with two attached hydrogens (primary N) is 2. The first kappa shape index (κ1) is 18.1. The monoisotopic (exact) mass is 305 g/mol. The number of amides is 2. The molecular weight excluding hydrogens is 290 g/mol. The van der Waals surface area contributed by atoms with Gasteiger partial charge >= 0.3 is 0 Å². The molecule has 0 aromatic heterocycles. The van der Waals surface area contributed by atoms with E-state index < -0.39 is 35.5 Å². The van der Waals surface area contributed by atoms with Crippen LogP contribution in [0.15, 0.2) is 18.2 Å². The molecule has 0 heterocycles. The van der Waals surface area contributed by atoms with Crippen LogP contribution >= 0.6 is 12.4 Å². The Morgan fingerprint density at radius 1 is 1.30 bits per heavy atom. The lowest BCUT2D eigenvalue weighted by atomic mass is 10.0. The van der Waals surface area contributed by atoms with Crippen LogP contribution in [0.1, 0.15) is 17.3 Å². The Labute approximate surface area is 121 Å². The van der Waals surface area contributed by atoms with Crippen molar-refractivity contribution in [2.24, 2.45) is 11.6 Å². The highest BCUT2D eigenvalue weighted by molar-refractivity contribution is 6.06. The van der Waals surface area contributed by atoms with Gasteiger partial charge in [0, 0.05) is 5.56 Å². The van der Waals surface area contributed by atoms with Crippen LogP contribution in [0.4, 0.5) is 0 Å². The van der Waals surface area contributed by atoms with Crippen LogP contribution in [-0.4, -0.2) is 44.3 Å². The van der Waals surface area contributed by atoms with Crippen molar-refractivity contribution in [3.63, 3.8) is 0 Å². The van der Waals surface area contributed by atoms with E-state index in [0.717, 1.165) is 12.1 Å². The van der Waals surface area contributed by atoms with E-state index in [9.17, 15) is 14.7 Å². The number of hydrazine groups is 1. The highest BCUT2D eigenvalue weighted by atomic mass is 35.5. The number of hydrogen-bond acceptors (Lipinski definition) is 7. The number of carbonyl (C=O) groups excluding carboxylic acids is 2. The number of aliphatic hydroxyl groups excluding tert-OH is 1. The lowest BCUT2D eigenvalue weighted by molar-refractivity contribution is -0.135. The van der Waals surface area contributed by atoms with Crippen LogP contribution in [0.25, 0.3) is 0 Å². The zero-order valence-electron chi connectivity index (χ0n) is 10.6. The zero-order chi connectivity index (χ0) is 14.8. The Balaban J connectivity index is 0.00000361. The summed E-state index contributed by atoms with van der Waals surface area (Å²) in [6.45, 7) is 0.532. The normalized spacial score (nSPS) is 13.0. The third kappa shape index (κ3) is 3.58. The molecular formula is C11H16ClN3O5. The number of aliphatic hydroxyl groups is 1. The molecule has 0 aliphatic rings. The molecule has 1 rings (SSSR count). The molecule has 0 saturated heterocycles. The van der Waals surface area contributed by atoms with Gasteiger partial charge in [-0.25, -0.2) is 10.9 Å². The Kier molecular flexibility index (Phi) is 5.92. The van der Waals surface area contributed by atoms with E-state index in [1.54, 1.807) is 0 Å². The van der Waals surface area contributed by atoms with Crippen molar-refractivity contribution in [2.75, 3.05) is 6.61 Å². The molecule has 0 aliphatic heterocycles. The topological polar surface area (TPSA) is 150 Å². The van der Waals surface area contributed by atoms with E-state index in [-0.39, 0.29) is 23.0 Å². The number of nitrogens with zero attached hydrogens (tertiary/aromatic N) is 1. The molecule has 1 unspecified atom stereocenters. The quantitative estimate of drug-likeness (QED) is 0.209. The minimum Gasteiger partial charge on any atom is -0.504 e. The Morgan fingerprint density at radius 2 is 1.85 bits per heavy atom. The third-order valence-corrected chi connectivity index (χ3v) is 2.48. The minimum atomic E-state index is -1.69. The summed E-state index contributed by atoms with van der Waals surface area (Å²) >= 11 is 0. The van der Waals surface area contributed by atoms with Crippen LogP contribution in [0.5, 0.6) is 11.5 Å². The summed E-state index contributed by atoms with van der Waals surface area (Å²) in [4.78, 5) is 23.6. The van der Waals surface area contributed by atoms with E-state index in [1.165, 1.54) is 13.0 Å². The van der Waals surface area contributed by atoms with Crippen molar-refractivity contribution in [1.29, 1.82) is 0 Å². The van der Waals surface area contributed by atoms with Gasteiger partial charge in [0.15, 0.2) is 11.5 Å². The first-order valence-corrected chi connectivity index (χ1v) is 5.26. The molecule has 1 atom stereocenters. The first-order chi connectivity index (χ1) is 8.70. The number of rotatable bonds is 3. The molecule has 1 aromatic carbocycles. The van der Waals surface area contributed by atoms with Gasteiger partial charge in [-0.15, -0.1) is 12.4 Å². The fourth-order valence-corrected chi connectivity index (χ4v) is 1.23. The molecule has 8 nitrogen and oxygen atoms in total. The van der Waals surface area contributed by atoms with Gasteiger partial charge in [0.1, 0.15) is 5.54 Å². The molecule has 2 amide bonds. The van der Waals surface area contributed by atoms with Crippen molar-refractivity contribution in [2.45, 2.75) is 12.5 Å². The highest BCUT2D eigenvalue weighted by Gasteiger charge is 2.34. The minimum absolute atomic E-state index is 0. The SMILES string of the molecule is CC(N)(CO)C(=O)N(N)C(=O)c1ccc(O)c(O)c1.Cl. The standard InChI is InChI=1S/C11H15N3O5.ClH/c1-11(12,5-15)10(19)14(13)9(18)6-2-3-7(16)8(17)4-6;/h2-4,15-17H,5,12-13H2,1H3;1H. The van der Waals surface area contributed by atoms with Gasteiger partial charge in [0.2, 0.25) is 0 Å². The number of phenolic OH excluding ortho intramolecular Hbond substituents is 2. The predicted octanol–water partition coefficient (Wildman–Crippen LogP) is -0.928. The highest BCUT2D eigenvalue weighted by Crippen LogP contribution is 2.25. The van der Waals surface area contributed by atoms with Crippen molar-refractivity contribution in [3.05, 3.63) is 23.8 Å². The van der Waals surface area contributed by atoms with Gasteiger partial charge in [-0.05, 0) is 25.1 Å². The summed E-state index contributed by atoms with van der Waals surface area (Å²) in [6, 6.07) is 3.21. The van der Waals surface area contributed by atoms with Crippen LogP contribution in [-0.2, 0) is 4.79 Å². The first-order valence-electron chi connectivity index (χ1n) is 5.26. The Hall–Kier alpha value is -1.87. The molecule has 1 aromatic rings. The molecule has 20 heavy (non-hydrogen) atoms. The summed E-state index contributed by atoms with van der Waals surface area (Å²) < 4.78 is 0. The molecule has 0 aliphatic carbocycles. The number of aromatic hydroxyl groups is 2. The molecule has 0 spiro atoms. The third-order valence-electron chi connectivity index (χ3n) is 2.48. The number of halogens is 1. The number of phenols is 2. The second-order valence-corrected chi connectivity index (χ2v) is 4.26. The van der Waals surface area contributed by atoms with Crippen molar-refractivity contribution >= 4 is 24.2 Å². The summed E-state index contributed by atoms with van der Waals surface area (Å²) in [5, 5.41) is 27.6. The lowest BCUT2D eigenvalue weighted by Gasteiger charge is -2.25. The van der Waals surface area contributed by atoms with Gasteiger partial charge in [0.25, 0.3) is 11.8 Å². The fraction of sp³-hybridized carbons (Fsp3) is 0.273. The number of imide groups is 1. The van der Waals surface area contributed by atoms with Gasteiger partial charge in [-0.1, -0.05) is 0 Å². The van der Waals surface area contributed by atoms with Crippen molar-refractivity contribution < 1.29 is 24.9 Å². The van der Waals surface area contributed by atoms with Crippen molar-refractivity contribution in [1.82, 2.24) is 5.01 Å². The fourth-order valence-electron chi connectivity index (χ4n) is 1.23. The summed E-state index contributed by atoms with van der Waals surface area (Å²) in [6.07, 6.45) is 0.